The first-order valence-corrected chi connectivity index (χ1v) is 6.87. The van der Waals surface area contributed by atoms with Crippen LogP contribution in [0, 0.1) is 0 Å². The molecular formula is C12H16N2O3S. The number of rotatable bonds is 5. The van der Waals surface area contributed by atoms with E-state index in [-0.39, 0.29) is 30.4 Å². The second kappa shape index (κ2) is 5.97. The van der Waals surface area contributed by atoms with E-state index >= 15 is 0 Å². The van der Waals surface area contributed by atoms with Gasteiger partial charge < -0.3 is 15.7 Å². The van der Waals surface area contributed by atoms with E-state index in [1.165, 1.54) is 11.3 Å². The molecule has 0 radical (unpaired) electrons. The van der Waals surface area contributed by atoms with Gasteiger partial charge in [-0.25, -0.2) is 0 Å². The van der Waals surface area contributed by atoms with Crippen LogP contribution in [0.5, 0.6) is 0 Å². The van der Waals surface area contributed by atoms with Crippen molar-refractivity contribution in [1.82, 2.24) is 10.6 Å². The lowest BCUT2D eigenvalue weighted by Crippen LogP contribution is -2.47. The Kier molecular flexibility index (Phi) is 4.33. The maximum Gasteiger partial charge on any atom is 0.252 e. The zero-order chi connectivity index (χ0) is 13.0. The van der Waals surface area contributed by atoms with Crippen LogP contribution in [0.15, 0.2) is 16.8 Å². The van der Waals surface area contributed by atoms with E-state index in [0.29, 0.717) is 24.9 Å². The van der Waals surface area contributed by atoms with Crippen molar-refractivity contribution < 1.29 is 14.7 Å². The number of amides is 2. The van der Waals surface area contributed by atoms with Crippen LogP contribution in [-0.2, 0) is 4.79 Å². The summed E-state index contributed by atoms with van der Waals surface area (Å²) in [6, 6.07) is 1.84. The largest absolute Gasteiger partial charge is 0.393 e. The third-order valence-corrected chi connectivity index (χ3v) is 3.58. The molecule has 0 aliphatic heterocycles. The SMILES string of the molecule is O=C(CCNC(=O)c1ccsc1)NC1CC(O)C1. The molecule has 5 nitrogen and oxygen atoms in total. The molecule has 1 aromatic heterocycles. The molecule has 1 aliphatic rings. The molecule has 0 spiro atoms. The minimum atomic E-state index is -0.270. The highest BCUT2D eigenvalue weighted by atomic mass is 32.1. The molecule has 0 unspecified atom stereocenters. The maximum atomic E-state index is 11.6. The summed E-state index contributed by atoms with van der Waals surface area (Å²) in [5, 5.41) is 18.2. The van der Waals surface area contributed by atoms with E-state index in [9.17, 15) is 9.59 Å². The number of thiophene rings is 1. The average Bonchev–Trinajstić information content (AvgIpc) is 2.80. The van der Waals surface area contributed by atoms with Gasteiger partial charge in [0.15, 0.2) is 0 Å². The zero-order valence-electron chi connectivity index (χ0n) is 9.89. The van der Waals surface area contributed by atoms with E-state index < -0.39 is 0 Å². The molecule has 0 aromatic carbocycles. The molecule has 1 fully saturated rings. The molecule has 0 saturated heterocycles. The van der Waals surface area contributed by atoms with Gasteiger partial charge in [0.25, 0.3) is 5.91 Å². The highest BCUT2D eigenvalue weighted by molar-refractivity contribution is 7.08. The van der Waals surface area contributed by atoms with Gasteiger partial charge in [-0.1, -0.05) is 0 Å². The fraction of sp³-hybridized carbons (Fsp3) is 0.500. The highest BCUT2D eigenvalue weighted by Crippen LogP contribution is 2.19. The van der Waals surface area contributed by atoms with Gasteiger partial charge in [0.1, 0.15) is 0 Å². The van der Waals surface area contributed by atoms with Crippen LogP contribution in [0.25, 0.3) is 0 Å². The average molecular weight is 268 g/mol. The first-order chi connectivity index (χ1) is 8.65. The van der Waals surface area contributed by atoms with Gasteiger partial charge in [0, 0.05) is 30.0 Å². The van der Waals surface area contributed by atoms with E-state index in [4.69, 9.17) is 5.11 Å². The fourth-order valence-corrected chi connectivity index (χ4v) is 2.43. The summed E-state index contributed by atoms with van der Waals surface area (Å²) in [5.74, 6) is -0.236. The molecule has 98 valence electrons. The van der Waals surface area contributed by atoms with Gasteiger partial charge in [-0.3, -0.25) is 9.59 Å². The summed E-state index contributed by atoms with van der Waals surface area (Å²) in [6.45, 7) is 0.329. The molecule has 1 aliphatic carbocycles. The third kappa shape index (κ3) is 3.54. The minimum absolute atomic E-state index is 0.0856. The predicted octanol–water partition coefficient (Wildman–Crippen LogP) is 0.508. The number of nitrogens with one attached hydrogen (secondary N) is 2. The molecule has 3 N–H and O–H groups in total. The number of hydrogen-bond donors (Lipinski definition) is 3. The van der Waals surface area contributed by atoms with Crippen molar-refractivity contribution in [2.75, 3.05) is 6.54 Å². The van der Waals surface area contributed by atoms with Gasteiger partial charge in [-0.15, -0.1) is 0 Å². The zero-order valence-corrected chi connectivity index (χ0v) is 10.7. The summed E-state index contributed by atoms with van der Waals surface area (Å²) in [6.07, 6.45) is 1.26. The molecule has 2 rings (SSSR count). The van der Waals surface area contributed by atoms with Crippen molar-refractivity contribution >= 4 is 23.2 Å². The van der Waals surface area contributed by atoms with Crippen molar-refractivity contribution in [3.63, 3.8) is 0 Å². The topological polar surface area (TPSA) is 78.4 Å². The minimum Gasteiger partial charge on any atom is -0.393 e. The lowest BCUT2D eigenvalue weighted by molar-refractivity contribution is -0.123. The first kappa shape index (κ1) is 13.0. The lowest BCUT2D eigenvalue weighted by Gasteiger charge is -2.31. The quantitative estimate of drug-likeness (QED) is 0.728. The highest BCUT2D eigenvalue weighted by Gasteiger charge is 2.28. The van der Waals surface area contributed by atoms with Crippen molar-refractivity contribution in [2.24, 2.45) is 0 Å². The second-order valence-corrected chi connectivity index (χ2v) is 5.19. The summed E-state index contributed by atoms with van der Waals surface area (Å²) >= 11 is 1.46. The van der Waals surface area contributed by atoms with Crippen molar-refractivity contribution in [2.45, 2.75) is 31.4 Å². The Bertz CT molecular complexity index is 413. The fourth-order valence-electron chi connectivity index (χ4n) is 1.79. The Morgan fingerprint density at radius 1 is 1.44 bits per heavy atom. The Morgan fingerprint density at radius 2 is 2.22 bits per heavy atom. The first-order valence-electron chi connectivity index (χ1n) is 5.93. The molecule has 0 bridgehead atoms. The van der Waals surface area contributed by atoms with Crippen molar-refractivity contribution in [3.8, 4) is 0 Å². The lowest BCUT2D eigenvalue weighted by atomic mass is 9.89. The summed E-state index contributed by atoms with van der Waals surface area (Å²) in [7, 11) is 0. The number of hydrogen-bond acceptors (Lipinski definition) is 4. The number of aliphatic hydroxyl groups excluding tert-OH is 1. The van der Waals surface area contributed by atoms with Gasteiger partial charge >= 0.3 is 0 Å². The Labute approximate surface area is 109 Å². The molecule has 1 saturated carbocycles. The molecule has 2 amide bonds. The van der Waals surface area contributed by atoms with Crippen LogP contribution in [0.4, 0.5) is 0 Å². The van der Waals surface area contributed by atoms with Gasteiger partial charge in [-0.2, -0.15) is 11.3 Å². The second-order valence-electron chi connectivity index (χ2n) is 4.41. The van der Waals surface area contributed by atoms with Crippen molar-refractivity contribution in [3.05, 3.63) is 22.4 Å². The predicted molar refractivity (Wildman–Crippen MR) is 68.4 cm³/mol. The van der Waals surface area contributed by atoms with Crippen molar-refractivity contribution in [1.29, 1.82) is 0 Å². The third-order valence-electron chi connectivity index (χ3n) is 2.90. The molecule has 1 heterocycles. The molecule has 1 aromatic rings. The number of aliphatic hydroxyl groups is 1. The Hall–Kier alpha value is -1.40. The maximum absolute atomic E-state index is 11.6. The molecular weight excluding hydrogens is 252 g/mol. The molecule has 0 atom stereocenters. The summed E-state index contributed by atoms with van der Waals surface area (Å²) < 4.78 is 0. The van der Waals surface area contributed by atoms with Gasteiger partial charge in [0.2, 0.25) is 5.91 Å². The van der Waals surface area contributed by atoms with Crippen LogP contribution in [0.1, 0.15) is 29.6 Å². The van der Waals surface area contributed by atoms with Gasteiger partial charge in [-0.05, 0) is 24.3 Å². The van der Waals surface area contributed by atoms with Crippen LogP contribution >= 0.6 is 11.3 Å². The van der Waals surface area contributed by atoms with E-state index in [0.717, 1.165) is 0 Å². The van der Waals surface area contributed by atoms with Crippen LogP contribution in [0.2, 0.25) is 0 Å². The van der Waals surface area contributed by atoms with Crippen LogP contribution < -0.4 is 10.6 Å². The number of carbonyl (C=O) groups is 2. The molecule has 6 heteroatoms. The van der Waals surface area contributed by atoms with E-state index in [1.54, 1.807) is 11.4 Å². The number of carbonyl (C=O) groups excluding carboxylic acids is 2. The summed E-state index contributed by atoms with van der Waals surface area (Å²) in [4.78, 5) is 23.0. The van der Waals surface area contributed by atoms with Crippen LogP contribution in [-0.4, -0.2) is 35.6 Å². The van der Waals surface area contributed by atoms with E-state index in [2.05, 4.69) is 10.6 Å². The Balaban J connectivity index is 1.60. The normalized spacial score (nSPS) is 22.1. The standard InChI is InChI=1S/C12H16N2O3S/c15-10-5-9(6-10)14-11(16)1-3-13-12(17)8-2-4-18-7-8/h2,4,7,9-10,15H,1,3,5-6H2,(H,13,17)(H,14,16). The monoisotopic (exact) mass is 268 g/mol. The Morgan fingerprint density at radius 3 is 2.83 bits per heavy atom. The van der Waals surface area contributed by atoms with Gasteiger partial charge in [0.05, 0.1) is 6.10 Å². The molecule has 18 heavy (non-hydrogen) atoms. The smallest absolute Gasteiger partial charge is 0.252 e. The van der Waals surface area contributed by atoms with E-state index in [1.807, 2.05) is 5.38 Å². The summed E-state index contributed by atoms with van der Waals surface area (Å²) in [5.41, 5.74) is 0.627. The van der Waals surface area contributed by atoms with Crippen LogP contribution in [0.3, 0.4) is 0 Å².